The lowest BCUT2D eigenvalue weighted by Crippen LogP contribution is -2.29. The Morgan fingerprint density at radius 2 is 1.94 bits per heavy atom. The van der Waals surface area contributed by atoms with Crippen LogP contribution < -0.4 is 15.0 Å². The Morgan fingerprint density at radius 3 is 2.65 bits per heavy atom. The SMILES string of the molecule is Cc1cc(=O)n2c3c(cc(S(=O)(=O)NCCOc4ccc(C(=O)O)cc4)cc13)CCC2. The average molecular weight is 442 g/mol. The van der Waals surface area contributed by atoms with Gasteiger partial charge in [-0.2, -0.15) is 0 Å². The van der Waals surface area contributed by atoms with Crippen LogP contribution in [0.4, 0.5) is 0 Å². The molecule has 0 radical (unpaired) electrons. The number of pyridine rings is 1. The topological polar surface area (TPSA) is 115 Å². The number of sulfonamides is 1. The molecule has 0 fully saturated rings. The van der Waals surface area contributed by atoms with Crippen molar-refractivity contribution in [1.82, 2.24) is 9.29 Å². The van der Waals surface area contributed by atoms with E-state index in [1.165, 1.54) is 24.3 Å². The lowest BCUT2D eigenvalue weighted by Gasteiger charge is -2.21. The molecule has 162 valence electrons. The molecule has 2 heterocycles. The second-order valence-electron chi connectivity index (χ2n) is 7.48. The third-order valence-corrected chi connectivity index (χ3v) is 6.81. The number of ether oxygens (including phenoxy) is 1. The molecule has 9 heteroatoms. The van der Waals surface area contributed by atoms with Crippen LogP contribution in [-0.2, 0) is 23.0 Å². The molecule has 8 nitrogen and oxygen atoms in total. The largest absolute Gasteiger partial charge is 0.492 e. The van der Waals surface area contributed by atoms with E-state index in [9.17, 15) is 18.0 Å². The van der Waals surface area contributed by atoms with Crippen LogP contribution in [0.5, 0.6) is 5.75 Å². The number of aryl methyl sites for hydroxylation is 3. The zero-order valence-corrected chi connectivity index (χ0v) is 17.7. The highest BCUT2D eigenvalue weighted by Crippen LogP contribution is 2.29. The molecular weight excluding hydrogens is 420 g/mol. The molecule has 0 aliphatic carbocycles. The van der Waals surface area contributed by atoms with Gasteiger partial charge in [0.05, 0.1) is 16.0 Å². The maximum Gasteiger partial charge on any atom is 0.335 e. The van der Waals surface area contributed by atoms with Crippen LogP contribution in [0.3, 0.4) is 0 Å². The fourth-order valence-electron chi connectivity index (χ4n) is 3.85. The number of hydrogen-bond acceptors (Lipinski definition) is 5. The smallest absolute Gasteiger partial charge is 0.335 e. The summed E-state index contributed by atoms with van der Waals surface area (Å²) in [5, 5.41) is 9.68. The van der Waals surface area contributed by atoms with Crippen LogP contribution in [0.2, 0.25) is 0 Å². The number of nitrogens with zero attached hydrogens (tertiary/aromatic N) is 1. The first kappa shape index (κ1) is 21.1. The summed E-state index contributed by atoms with van der Waals surface area (Å²) >= 11 is 0. The van der Waals surface area contributed by atoms with Crippen LogP contribution in [-0.4, -0.2) is 37.2 Å². The molecule has 0 spiro atoms. The maximum atomic E-state index is 12.9. The number of aromatic carboxylic acids is 1. The number of carboxylic acids is 1. The Hall–Kier alpha value is -3.17. The third kappa shape index (κ3) is 4.19. The molecule has 1 aliphatic heterocycles. The van der Waals surface area contributed by atoms with Gasteiger partial charge in [0.2, 0.25) is 10.0 Å². The summed E-state index contributed by atoms with van der Waals surface area (Å²) in [5.74, 6) is -0.575. The van der Waals surface area contributed by atoms with Gasteiger partial charge in [-0.1, -0.05) is 0 Å². The van der Waals surface area contributed by atoms with Crippen LogP contribution in [0.25, 0.3) is 10.9 Å². The number of carboxylic acid groups (broad SMARTS) is 1. The van der Waals surface area contributed by atoms with E-state index < -0.39 is 16.0 Å². The molecule has 4 rings (SSSR count). The molecule has 1 aliphatic rings. The fraction of sp³-hybridized carbons (Fsp3) is 0.273. The highest BCUT2D eigenvalue weighted by atomic mass is 32.2. The molecule has 31 heavy (non-hydrogen) atoms. The molecule has 0 amide bonds. The first-order valence-corrected chi connectivity index (χ1v) is 11.4. The maximum absolute atomic E-state index is 12.9. The summed E-state index contributed by atoms with van der Waals surface area (Å²) in [5.41, 5.74) is 2.52. The predicted octanol–water partition coefficient (Wildman–Crippen LogP) is 2.31. The molecule has 2 aromatic carbocycles. The predicted molar refractivity (Wildman–Crippen MR) is 115 cm³/mol. The molecule has 0 saturated carbocycles. The molecular formula is C22H22N2O6S. The van der Waals surface area contributed by atoms with Gasteiger partial charge in [0.25, 0.3) is 5.56 Å². The Morgan fingerprint density at radius 1 is 1.19 bits per heavy atom. The number of hydrogen-bond donors (Lipinski definition) is 2. The molecule has 3 aromatic rings. The number of rotatable bonds is 7. The quantitative estimate of drug-likeness (QED) is 0.543. The molecule has 0 bridgehead atoms. The van der Waals surface area contributed by atoms with E-state index in [1.807, 2.05) is 6.92 Å². The Bertz CT molecular complexity index is 1330. The second-order valence-corrected chi connectivity index (χ2v) is 9.24. The molecule has 1 aromatic heterocycles. The number of benzene rings is 2. The van der Waals surface area contributed by atoms with Crippen molar-refractivity contribution in [2.75, 3.05) is 13.2 Å². The van der Waals surface area contributed by atoms with Gasteiger partial charge in [0, 0.05) is 24.5 Å². The van der Waals surface area contributed by atoms with Crippen molar-refractivity contribution < 1.29 is 23.1 Å². The molecule has 0 saturated heterocycles. The van der Waals surface area contributed by atoms with Crippen LogP contribution in [0.1, 0.15) is 27.9 Å². The van der Waals surface area contributed by atoms with Crippen LogP contribution >= 0.6 is 0 Å². The van der Waals surface area contributed by atoms with Crippen molar-refractivity contribution in [3.05, 3.63) is 69.5 Å². The minimum atomic E-state index is -3.77. The summed E-state index contributed by atoms with van der Waals surface area (Å²) in [6.07, 6.45) is 1.51. The minimum absolute atomic E-state index is 0.0505. The summed E-state index contributed by atoms with van der Waals surface area (Å²) < 4.78 is 35.5. The summed E-state index contributed by atoms with van der Waals surface area (Å²) in [7, 11) is -3.77. The molecule has 0 atom stereocenters. The minimum Gasteiger partial charge on any atom is -0.492 e. The van der Waals surface area contributed by atoms with Gasteiger partial charge in [0.1, 0.15) is 12.4 Å². The van der Waals surface area contributed by atoms with Crippen molar-refractivity contribution in [2.45, 2.75) is 31.2 Å². The van der Waals surface area contributed by atoms with Crippen LogP contribution in [0, 0.1) is 6.92 Å². The van der Waals surface area contributed by atoms with E-state index >= 15 is 0 Å². The number of aromatic nitrogens is 1. The van der Waals surface area contributed by atoms with Crippen molar-refractivity contribution in [1.29, 1.82) is 0 Å². The van der Waals surface area contributed by atoms with Crippen molar-refractivity contribution in [2.24, 2.45) is 0 Å². The summed E-state index contributed by atoms with van der Waals surface area (Å²) in [4.78, 5) is 23.3. The lowest BCUT2D eigenvalue weighted by molar-refractivity contribution is 0.0697. The van der Waals surface area contributed by atoms with E-state index in [1.54, 1.807) is 22.8 Å². The first-order valence-electron chi connectivity index (χ1n) is 9.89. The van der Waals surface area contributed by atoms with E-state index in [-0.39, 0.29) is 29.2 Å². The summed E-state index contributed by atoms with van der Waals surface area (Å²) in [6.45, 7) is 2.59. The normalized spacial score (nSPS) is 13.3. The van der Waals surface area contributed by atoms with Gasteiger partial charge in [0.15, 0.2) is 0 Å². The van der Waals surface area contributed by atoms with Crippen molar-refractivity contribution in [3.8, 4) is 5.75 Å². The third-order valence-electron chi connectivity index (χ3n) is 5.37. The Labute approximate surface area is 179 Å². The highest BCUT2D eigenvalue weighted by molar-refractivity contribution is 7.89. The second kappa shape index (κ2) is 8.16. The monoisotopic (exact) mass is 442 g/mol. The zero-order chi connectivity index (χ0) is 22.2. The number of carbonyl (C=O) groups is 1. The van der Waals surface area contributed by atoms with Gasteiger partial charge in [-0.15, -0.1) is 0 Å². The highest BCUT2D eigenvalue weighted by Gasteiger charge is 2.21. The first-order chi connectivity index (χ1) is 14.8. The van der Waals surface area contributed by atoms with E-state index in [0.717, 1.165) is 34.9 Å². The number of nitrogens with one attached hydrogen (secondary N) is 1. The Balaban J connectivity index is 1.50. The lowest BCUT2D eigenvalue weighted by atomic mass is 9.99. The van der Waals surface area contributed by atoms with Crippen molar-refractivity contribution in [3.63, 3.8) is 0 Å². The van der Waals surface area contributed by atoms with Gasteiger partial charge >= 0.3 is 5.97 Å². The van der Waals surface area contributed by atoms with Crippen LogP contribution in [0.15, 0.2) is 52.2 Å². The van der Waals surface area contributed by atoms with E-state index in [4.69, 9.17) is 9.84 Å². The average Bonchev–Trinajstić information content (AvgIpc) is 2.75. The Kier molecular flexibility index (Phi) is 5.55. The zero-order valence-electron chi connectivity index (χ0n) is 16.9. The van der Waals surface area contributed by atoms with Gasteiger partial charge < -0.3 is 14.4 Å². The van der Waals surface area contributed by atoms with Gasteiger partial charge in [-0.3, -0.25) is 4.79 Å². The standard InChI is InChI=1S/C22H22N2O6S/c1-14-11-20(25)24-9-2-3-16-12-18(13-19(14)21(16)24)31(28,29)23-8-10-30-17-6-4-15(5-7-17)22(26)27/h4-7,11-13,23H,2-3,8-10H2,1H3,(H,26,27). The van der Waals surface area contributed by atoms with Gasteiger partial charge in [-0.05, 0) is 67.3 Å². The summed E-state index contributed by atoms with van der Waals surface area (Å²) in [6, 6.07) is 10.7. The molecule has 0 unspecified atom stereocenters. The van der Waals surface area contributed by atoms with Crippen molar-refractivity contribution >= 4 is 26.9 Å². The van der Waals surface area contributed by atoms with E-state index in [0.29, 0.717) is 12.3 Å². The van der Waals surface area contributed by atoms with Gasteiger partial charge in [-0.25, -0.2) is 17.9 Å². The fourth-order valence-corrected chi connectivity index (χ4v) is 4.94. The molecule has 2 N–H and O–H groups in total. The van der Waals surface area contributed by atoms with E-state index in [2.05, 4.69) is 4.72 Å².